The van der Waals surface area contributed by atoms with Crippen LogP contribution in [0, 0.1) is 6.92 Å². The number of carbonyl (C=O) groups excluding carboxylic acids is 1. The van der Waals surface area contributed by atoms with Crippen molar-refractivity contribution < 1.29 is 4.79 Å². The van der Waals surface area contributed by atoms with Gasteiger partial charge in [0.25, 0.3) is 0 Å². The summed E-state index contributed by atoms with van der Waals surface area (Å²) >= 11 is 13.4. The minimum Gasteiger partial charge on any atom is -0.298 e. The summed E-state index contributed by atoms with van der Waals surface area (Å²) in [5, 5.41) is 4.40. The number of anilines is 1. The third-order valence-electron chi connectivity index (χ3n) is 3.45. The number of halogens is 2. The Hall–Kier alpha value is -2.14. The second kappa shape index (κ2) is 7.83. The van der Waals surface area contributed by atoms with E-state index in [9.17, 15) is 4.79 Å². The number of thiazole rings is 1. The predicted molar refractivity (Wildman–Crippen MR) is 106 cm³/mol. The van der Waals surface area contributed by atoms with Crippen LogP contribution >= 0.6 is 34.5 Å². The van der Waals surface area contributed by atoms with Gasteiger partial charge in [-0.3, -0.25) is 10.1 Å². The van der Waals surface area contributed by atoms with Gasteiger partial charge in [0.15, 0.2) is 5.13 Å². The number of amides is 1. The third kappa shape index (κ3) is 4.48. The Labute approximate surface area is 159 Å². The van der Waals surface area contributed by atoms with Gasteiger partial charge in [-0.15, -0.1) is 11.3 Å². The van der Waals surface area contributed by atoms with Gasteiger partial charge in [-0.2, -0.15) is 0 Å². The molecule has 2 aromatic carbocycles. The lowest BCUT2D eigenvalue weighted by atomic mass is 10.1. The van der Waals surface area contributed by atoms with Crippen LogP contribution in [0.25, 0.3) is 17.3 Å². The summed E-state index contributed by atoms with van der Waals surface area (Å²) in [5.41, 5.74) is 2.63. The molecule has 0 fully saturated rings. The molecular formula is C19H14Cl2N2OS. The second-order valence-corrected chi connectivity index (χ2v) is 7.33. The smallest absolute Gasteiger partial charge is 0.250 e. The molecule has 126 valence electrons. The largest absolute Gasteiger partial charge is 0.298 e. The van der Waals surface area contributed by atoms with E-state index in [1.54, 1.807) is 24.3 Å². The number of hydrogen-bond acceptors (Lipinski definition) is 3. The molecule has 3 nitrogen and oxygen atoms in total. The summed E-state index contributed by atoms with van der Waals surface area (Å²) in [6.45, 7) is 1.99. The fourth-order valence-corrected chi connectivity index (χ4v) is 3.57. The van der Waals surface area contributed by atoms with Crippen LogP contribution in [0.4, 0.5) is 5.13 Å². The highest BCUT2D eigenvalue weighted by molar-refractivity contribution is 7.16. The van der Waals surface area contributed by atoms with Crippen molar-refractivity contribution in [1.82, 2.24) is 4.98 Å². The van der Waals surface area contributed by atoms with Gasteiger partial charge < -0.3 is 0 Å². The lowest BCUT2D eigenvalue weighted by Crippen LogP contribution is -2.07. The number of nitrogens with zero attached hydrogens (tertiary/aromatic N) is 1. The highest BCUT2D eigenvalue weighted by Crippen LogP contribution is 2.30. The lowest BCUT2D eigenvalue weighted by Gasteiger charge is -1.99. The van der Waals surface area contributed by atoms with E-state index >= 15 is 0 Å². The molecule has 3 rings (SSSR count). The number of hydrogen-bond donors (Lipinski definition) is 1. The fraction of sp³-hybridized carbons (Fsp3) is 0.0526. The molecule has 6 heteroatoms. The van der Waals surface area contributed by atoms with Crippen LogP contribution in [-0.4, -0.2) is 10.9 Å². The molecule has 0 aliphatic rings. The van der Waals surface area contributed by atoms with Crippen LogP contribution in [0.15, 0.2) is 54.6 Å². The summed E-state index contributed by atoms with van der Waals surface area (Å²) < 4.78 is 0. The zero-order valence-electron chi connectivity index (χ0n) is 13.3. The molecule has 0 aliphatic carbocycles. The van der Waals surface area contributed by atoms with Crippen LogP contribution in [0.2, 0.25) is 10.0 Å². The second-order valence-electron chi connectivity index (χ2n) is 5.28. The molecule has 0 saturated heterocycles. The number of benzene rings is 2. The van der Waals surface area contributed by atoms with Crippen molar-refractivity contribution in [2.24, 2.45) is 0 Å². The minimum absolute atomic E-state index is 0.264. The van der Waals surface area contributed by atoms with Crippen molar-refractivity contribution in [2.75, 3.05) is 5.32 Å². The van der Waals surface area contributed by atoms with Crippen molar-refractivity contribution in [3.8, 4) is 11.3 Å². The van der Waals surface area contributed by atoms with Crippen molar-refractivity contribution in [3.63, 3.8) is 0 Å². The van der Waals surface area contributed by atoms with Crippen LogP contribution in [0.3, 0.4) is 0 Å². The lowest BCUT2D eigenvalue weighted by molar-refractivity contribution is -0.111. The van der Waals surface area contributed by atoms with Gasteiger partial charge in [0.1, 0.15) is 0 Å². The van der Waals surface area contributed by atoms with E-state index in [0.29, 0.717) is 15.2 Å². The zero-order valence-corrected chi connectivity index (χ0v) is 15.6. The van der Waals surface area contributed by atoms with Gasteiger partial charge in [0, 0.05) is 26.6 Å². The van der Waals surface area contributed by atoms with Crippen molar-refractivity contribution in [2.45, 2.75) is 6.92 Å². The Morgan fingerprint density at radius 1 is 1.16 bits per heavy atom. The van der Waals surface area contributed by atoms with E-state index < -0.39 is 0 Å². The first-order valence-electron chi connectivity index (χ1n) is 7.50. The van der Waals surface area contributed by atoms with Crippen LogP contribution in [0.1, 0.15) is 10.4 Å². The van der Waals surface area contributed by atoms with Crippen molar-refractivity contribution in [1.29, 1.82) is 0 Å². The standard InChI is InChI=1S/C19H14Cl2N2OS/c1-12-18(14-5-3-2-4-6-14)23-19(25-12)22-17(24)10-8-13-7-9-15(20)11-16(13)21/h2-11H,1H3,(H,22,23,24)/b10-8+. The normalized spacial score (nSPS) is 11.0. The van der Waals surface area contributed by atoms with E-state index in [0.717, 1.165) is 21.7 Å². The van der Waals surface area contributed by atoms with Crippen LogP contribution in [0.5, 0.6) is 0 Å². The summed E-state index contributed by atoms with van der Waals surface area (Å²) in [4.78, 5) is 17.7. The van der Waals surface area contributed by atoms with Crippen molar-refractivity contribution in [3.05, 3.63) is 75.1 Å². The fourth-order valence-electron chi connectivity index (χ4n) is 2.26. The number of carbonyl (C=O) groups is 1. The van der Waals surface area contributed by atoms with Crippen molar-refractivity contribution >= 4 is 51.7 Å². The first-order chi connectivity index (χ1) is 12.0. The minimum atomic E-state index is -0.264. The molecule has 1 amide bonds. The molecule has 0 unspecified atom stereocenters. The monoisotopic (exact) mass is 388 g/mol. The third-order valence-corrected chi connectivity index (χ3v) is 4.90. The summed E-state index contributed by atoms with van der Waals surface area (Å²) in [7, 11) is 0. The number of aromatic nitrogens is 1. The van der Waals surface area contributed by atoms with Gasteiger partial charge in [0.2, 0.25) is 5.91 Å². The molecule has 25 heavy (non-hydrogen) atoms. The zero-order chi connectivity index (χ0) is 17.8. The van der Waals surface area contributed by atoms with Crippen LogP contribution in [-0.2, 0) is 4.79 Å². The maximum absolute atomic E-state index is 12.1. The van der Waals surface area contributed by atoms with Gasteiger partial charge in [0.05, 0.1) is 5.69 Å². The SMILES string of the molecule is Cc1sc(NC(=O)/C=C/c2ccc(Cl)cc2Cl)nc1-c1ccccc1. The molecule has 0 radical (unpaired) electrons. The summed E-state index contributed by atoms with van der Waals surface area (Å²) in [6.07, 6.45) is 3.07. The van der Waals surface area contributed by atoms with Crippen LogP contribution < -0.4 is 5.32 Å². The highest BCUT2D eigenvalue weighted by atomic mass is 35.5. The molecule has 3 aromatic rings. The van der Waals surface area contributed by atoms with Gasteiger partial charge in [-0.25, -0.2) is 4.98 Å². The summed E-state index contributed by atoms with van der Waals surface area (Å²) in [6, 6.07) is 15.0. The van der Waals surface area contributed by atoms with E-state index in [4.69, 9.17) is 23.2 Å². The maximum atomic E-state index is 12.1. The topological polar surface area (TPSA) is 42.0 Å². The van der Waals surface area contributed by atoms with E-state index in [1.165, 1.54) is 17.4 Å². The van der Waals surface area contributed by atoms with E-state index in [-0.39, 0.29) is 5.91 Å². The predicted octanol–water partition coefficient (Wildman–Crippen LogP) is 6.08. The number of rotatable bonds is 4. The Balaban J connectivity index is 1.72. The molecule has 1 aromatic heterocycles. The molecule has 1 N–H and O–H groups in total. The molecule has 0 atom stereocenters. The van der Waals surface area contributed by atoms with Gasteiger partial charge in [-0.1, -0.05) is 59.6 Å². The maximum Gasteiger partial charge on any atom is 0.250 e. The average Bonchev–Trinajstić information content (AvgIpc) is 2.95. The number of aryl methyl sites for hydroxylation is 1. The Bertz CT molecular complexity index is 936. The van der Waals surface area contributed by atoms with Gasteiger partial charge >= 0.3 is 0 Å². The molecule has 0 aliphatic heterocycles. The first-order valence-corrected chi connectivity index (χ1v) is 9.07. The van der Waals surface area contributed by atoms with Gasteiger partial charge in [-0.05, 0) is 30.7 Å². The van der Waals surface area contributed by atoms with E-state index in [2.05, 4.69) is 10.3 Å². The molecular weight excluding hydrogens is 375 g/mol. The Kier molecular flexibility index (Phi) is 5.53. The number of nitrogens with one attached hydrogen (secondary N) is 1. The Morgan fingerprint density at radius 2 is 1.92 bits per heavy atom. The Morgan fingerprint density at radius 3 is 2.64 bits per heavy atom. The molecule has 0 saturated carbocycles. The summed E-state index contributed by atoms with van der Waals surface area (Å²) in [5.74, 6) is -0.264. The average molecular weight is 389 g/mol. The molecule has 1 heterocycles. The highest BCUT2D eigenvalue weighted by Gasteiger charge is 2.10. The van der Waals surface area contributed by atoms with E-state index in [1.807, 2.05) is 37.3 Å². The first kappa shape index (κ1) is 17.7. The quantitative estimate of drug-likeness (QED) is 0.550. The molecule has 0 bridgehead atoms. The molecule has 0 spiro atoms.